The van der Waals surface area contributed by atoms with E-state index in [1.54, 1.807) is 6.07 Å². The van der Waals surface area contributed by atoms with E-state index in [9.17, 15) is 9.59 Å². The predicted octanol–water partition coefficient (Wildman–Crippen LogP) is 1.85. The van der Waals surface area contributed by atoms with Gasteiger partial charge in [-0.05, 0) is 12.0 Å². The molecule has 0 fully saturated rings. The molecule has 0 aliphatic rings. The minimum Gasteiger partial charge on any atom is -0.481 e. The SMILES string of the molecule is CC(CNC(=O)c1occc1C(C)C)C(=O)O. The van der Waals surface area contributed by atoms with Crippen LogP contribution in [0.15, 0.2) is 16.7 Å². The van der Waals surface area contributed by atoms with E-state index in [1.807, 2.05) is 13.8 Å². The highest BCUT2D eigenvalue weighted by molar-refractivity contribution is 5.93. The summed E-state index contributed by atoms with van der Waals surface area (Å²) in [4.78, 5) is 22.4. The van der Waals surface area contributed by atoms with Crippen molar-refractivity contribution in [3.05, 3.63) is 23.7 Å². The smallest absolute Gasteiger partial charge is 0.308 e. The van der Waals surface area contributed by atoms with Crippen LogP contribution in [0.3, 0.4) is 0 Å². The first-order valence-corrected chi connectivity index (χ1v) is 5.51. The standard InChI is InChI=1S/C12H17NO4/c1-7(2)9-4-5-17-10(9)11(14)13-6-8(3)12(15)16/h4-5,7-8H,6H2,1-3H3,(H,13,14)(H,15,16). The zero-order chi connectivity index (χ0) is 13.0. The van der Waals surface area contributed by atoms with Crippen molar-refractivity contribution < 1.29 is 19.1 Å². The maximum atomic E-state index is 11.8. The highest BCUT2D eigenvalue weighted by atomic mass is 16.4. The van der Waals surface area contributed by atoms with Crippen LogP contribution in [0.1, 0.15) is 42.8 Å². The van der Waals surface area contributed by atoms with Crippen molar-refractivity contribution in [1.29, 1.82) is 0 Å². The van der Waals surface area contributed by atoms with Crippen molar-refractivity contribution in [2.24, 2.45) is 5.92 Å². The summed E-state index contributed by atoms with van der Waals surface area (Å²) in [7, 11) is 0. The minimum absolute atomic E-state index is 0.0897. The van der Waals surface area contributed by atoms with E-state index in [1.165, 1.54) is 13.2 Å². The second-order valence-corrected chi connectivity index (χ2v) is 4.31. The fourth-order valence-corrected chi connectivity index (χ4v) is 1.37. The summed E-state index contributed by atoms with van der Waals surface area (Å²) >= 11 is 0. The number of nitrogens with one attached hydrogen (secondary N) is 1. The molecule has 2 N–H and O–H groups in total. The minimum atomic E-state index is -0.936. The van der Waals surface area contributed by atoms with E-state index in [0.717, 1.165) is 5.56 Å². The lowest BCUT2D eigenvalue weighted by atomic mass is 10.0. The fourth-order valence-electron chi connectivity index (χ4n) is 1.37. The molecule has 5 heteroatoms. The van der Waals surface area contributed by atoms with Gasteiger partial charge >= 0.3 is 5.97 Å². The number of carbonyl (C=O) groups is 2. The maximum absolute atomic E-state index is 11.8. The molecule has 0 spiro atoms. The number of hydrogen-bond donors (Lipinski definition) is 2. The van der Waals surface area contributed by atoms with Gasteiger partial charge in [-0.15, -0.1) is 0 Å². The van der Waals surface area contributed by atoms with E-state index in [-0.39, 0.29) is 24.1 Å². The van der Waals surface area contributed by atoms with Crippen molar-refractivity contribution in [3.8, 4) is 0 Å². The second-order valence-electron chi connectivity index (χ2n) is 4.31. The summed E-state index contributed by atoms with van der Waals surface area (Å²) in [6.07, 6.45) is 1.46. The number of hydrogen-bond acceptors (Lipinski definition) is 3. The molecule has 1 unspecified atom stereocenters. The Labute approximate surface area is 99.8 Å². The van der Waals surface area contributed by atoms with Gasteiger partial charge in [0.1, 0.15) is 0 Å². The maximum Gasteiger partial charge on any atom is 0.308 e. The van der Waals surface area contributed by atoms with Crippen LogP contribution in [-0.2, 0) is 4.79 Å². The normalized spacial score (nSPS) is 12.5. The molecule has 5 nitrogen and oxygen atoms in total. The van der Waals surface area contributed by atoms with E-state index < -0.39 is 11.9 Å². The van der Waals surface area contributed by atoms with Crippen LogP contribution in [-0.4, -0.2) is 23.5 Å². The molecule has 94 valence electrons. The Morgan fingerprint density at radius 2 is 2.06 bits per heavy atom. The van der Waals surface area contributed by atoms with E-state index in [4.69, 9.17) is 9.52 Å². The summed E-state index contributed by atoms with van der Waals surface area (Å²) < 4.78 is 5.12. The van der Waals surface area contributed by atoms with Crippen LogP contribution in [0.4, 0.5) is 0 Å². The Balaban J connectivity index is 2.64. The second kappa shape index (κ2) is 5.52. The number of carboxylic acid groups (broad SMARTS) is 1. The zero-order valence-electron chi connectivity index (χ0n) is 10.2. The highest BCUT2D eigenvalue weighted by Crippen LogP contribution is 2.20. The van der Waals surface area contributed by atoms with Gasteiger partial charge in [-0.1, -0.05) is 20.8 Å². The molecule has 0 saturated heterocycles. The third kappa shape index (κ3) is 3.34. The van der Waals surface area contributed by atoms with Gasteiger partial charge < -0.3 is 14.8 Å². The summed E-state index contributed by atoms with van der Waals surface area (Å²) in [5.74, 6) is -1.47. The molecule has 1 amide bonds. The van der Waals surface area contributed by atoms with Crippen LogP contribution in [0, 0.1) is 5.92 Å². The molecule has 1 rings (SSSR count). The Kier molecular flexibility index (Phi) is 4.31. The lowest BCUT2D eigenvalue weighted by Crippen LogP contribution is -2.31. The molecule has 1 heterocycles. The average Bonchev–Trinajstić information content (AvgIpc) is 2.73. The molecule has 1 aromatic rings. The summed E-state index contributed by atoms with van der Waals surface area (Å²) in [5.41, 5.74) is 0.825. The quantitative estimate of drug-likeness (QED) is 0.821. The molecule has 0 aliphatic carbocycles. The predicted molar refractivity (Wildman–Crippen MR) is 61.9 cm³/mol. The molecule has 0 radical (unpaired) electrons. The number of amides is 1. The number of aliphatic carboxylic acids is 1. The number of furan rings is 1. The average molecular weight is 239 g/mol. The third-order valence-corrected chi connectivity index (χ3v) is 2.51. The van der Waals surface area contributed by atoms with E-state index in [2.05, 4.69) is 5.32 Å². The molecule has 0 saturated carbocycles. The molecule has 1 atom stereocenters. The molecule has 17 heavy (non-hydrogen) atoms. The van der Waals surface area contributed by atoms with Crippen molar-refractivity contribution >= 4 is 11.9 Å². The zero-order valence-corrected chi connectivity index (χ0v) is 10.2. The first-order chi connectivity index (χ1) is 7.93. The topological polar surface area (TPSA) is 79.5 Å². The van der Waals surface area contributed by atoms with Gasteiger partial charge in [0.05, 0.1) is 12.2 Å². The van der Waals surface area contributed by atoms with E-state index >= 15 is 0 Å². The molecular weight excluding hydrogens is 222 g/mol. The Hall–Kier alpha value is -1.78. The molecule has 0 aliphatic heterocycles. The van der Waals surface area contributed by atoms with Crippen LogP contribution < -0.4 is 5.32 Å². The van der Waals surface area contributed by atoms with Gasteiger partial charge in [-0.3, -0.25) is 9.59 Å². The Morgan fingerprint density at radius 1 is 1.41 bits per heavy atom. The Morgan fingerprint density at radius 3 is 2.59 bits per heavy atom. The van der Waals surface area contributed by atoms with Gasteiger partial charge in [0.15, 0.2) is 5.76 Å². The van der Waals surface area contributed by atoms with Crippen molar-refractivity contribution in [2.45, 2.75) is 26.7 Å². The van der Waals surface area contributed by atoms with Gasteiger partial charge in [-0.25, -0.2) is 0 Å². The van der Waals surface area contributed by atoms with Crippen LogP contribution in [0.2, 0.25) is 0 Å². The lowest BCUT2D eigenvalue weighted by Gasteiger charge is -2.09. The molecule has 0 aromatic carbocycles. The molecule has 1 aromatic heterocycles. The Bertz CT molecular complexity index is 408. The van der Waals surface area contributed by atoms with Crippen LogP contribution in [0.25, 0.3) is 0 Å². The summed E-state index contributed by atoms with van der Waals surface area (Å²) in [6, 6.07) is 1.75. The van der Waals surface area contributed by atoms with Gasteiger partial charge in [0, 0.05) is 12.1 Å². The lowest BCUT2D eigenvalue weighted by molar-refractivity contribution is -0.140. The van der Waals surface area contributed by atoms with Gasteiger partial charge in [0.2, 0.25) is 0 Å². The van der Waals surface area contributed by atoms with Crippen molar-refractivity contribution in [3.63, 3.8) is 0 Å². The van der Waals surface area contributed by atoms with Crippen molar-refractivity contribution in [2.75, 3.05) is 6.54 Å². The highest BCUT2D eigenvalue weighted by Gasteiger charge is 2.19. The van der Waals surface area contributed by atoms with Crippen LogP contribution in [0.5, 0.6) is 0 Å². The van der Waals surface area contributed by atoms with E-state index in [0.29, 0.717) is 0 Å². The summed E-state index contributed by atoms with van der Waals surface area (Å²) in [5, 5.41) is 11.2. The number of carboxylic acids is 1. The third-order valence-electron chi connectivity index (χ3n) is 2.51. The first kappa shape index (κ1) is 13.3. The van der Waals surface area contributed by atoms with Crippen LogP contribution >= 0.6 is 0 Å². The van der Waals surface area contributed by atoms with Gasteiger partial charge in [-0.2, -0.15) is 0 Å². The van der Waals surface area contributed by atoms with Crippen molar-refractivity contribution in [1.82, 2.24) is 5.32 Å². The number of carbonyl (C=O) groups excluding carboxylic acids is 1. The van der Waals surface area contributed by atoms with Gasteiger partial charge in [0.25, 0.3) is 5.91 Å². The number of rotatable bonds is 5. The monoisotopic (exact) mass is 239 g/mol. The molecular formula is C12H17NO4. The largest absolute Gasteiger partial charge is 0.481 e. The first-order valence-electron chi connectivity index (χ1n) is 5.51. The fraction of sp³-hybridized carbons (Fsp3) is 0.500. The summed E-state index contributed by atoms with van der Waals surface area (Å²) in [6.45, 7) is 5.55. The molecule has 0 bridgehead atoms.